The standard InChI is InChI=1S/C20H18N2O5/c1-24-16-10-8-14(17(12-16)25-2)9-11-19(23)26-13-18-21-20(22-27-18)15-6-4-3-5-7-15/h3-12H,13H2,1-2H3/b11-9+. The molecular formula is C20H18N2O5. The van der Waals surface area contributed by atoms with Crippen molar-refractivity contribution in [2.75, 3.05) is 14.2 Å². The second kappa shape index (κ2) is 8.66. The SMILES string of the molecule is COc1ccc(/C=C/C(=O)OCc2nc(-c3ccccc3)no2)c(OC)c1. The first-order valence-electron chi connectivity index (χ1n) is 8.14. The molecule has 0 aliphatic carbocycles. The van der Waals surface area contributed by atoms with Gasteiger partial charge >= 0.3 is 5.97 Å². The lowest BCUT2D eigenvalue weighted by Gasteiger charge is -2.07. The summed E-state index contributed by atoms with van der Waals surface area (Å²) in [4.78, 5) is 16.1. The van der Waals surface area contributed by atoms with Gasteiger partial charge in [0.05, 0.1) is 14.2 Å². The van der Waals surface area contributed by atoms with E-state index in [1.165, 1.54) is 6.08 Å². The predicted octanol–water partition coefficient (Wildman–Crippen LogP) is 3.51. The van der Waals surface area contributed by atoms with Crippen molar-refractivity contribution in [1.29, 1.82) is 0 Å². The number of carbonyl (C=O) groups is 1. The van der Waals surface area contributed by atoms with Gasteiger partial charge in [0.15, 0.2) is 6.61 Å². The first-order chi connectivity index (χ1) is 13.2. The molecular weight excluding hydrogens is 348 g/mol. The van der Waals surface area contributed by atoms with Gasteiger partial charge in [-0.3, -0.25) is 0 Å². The molecule has 0 aliphatic heterocycles. The second-order valence-corrected chi connectivity index (χ2v) is 5.43. The zero-order valence-corrected chi connectivity index (χ0v) is 14.9. The summed E-state index contributed by atoms with van der Waals surface area (Å²) in [5.41, 5.74) is 1.55. The van der Waals surface area contributed by atoms with Crippen molar-refractivity contribution in [2.24, 2.45) is 0 Å². The van der Waals surface area contributed by atoms with E-state index in [0.29, 0.717) is 17.3 Å². The van der Waals surface area contributed by atoms with Gasteiger partial charge in [-0.2, -0.15) is 4.98 Å². The summed E-state index contributed by atoms with van der Waals surface area (Å²) in [6.07, 6.45) is 2.91. The molecule has 0 spiro atoms. The number of esters is 1. The molecule has 1 heterocycles. The summed E-state index contributed by atoms with van der Waals surface area (Å²) in [6.45, 7) is -0.108. The molecule has 0 N–H and O–H groups in total. The second-order valence-electron chi connectivity index (χ2n) is 5.43. The Bertz CT molecular complexity index is 935. The molecule has 0 amide bonds. The van der Waals surface area contributed by atoms with Crippen LogP contribution in [0.5, 0.6) is 11.5 Å². The van der Waals surface area contributed by atoms with E-state index in [-0.39, 0.29) is 12.5 Å². The summed E-state index contributed by atoms with van der Waals surface area (Å²) in [5.74, 6) is 1.38. The van der Waals surface area contributed by atoms with Crippen LogP contribution in [-0.2, 0) is 16.1 Å². The zero-order valence-electron chi connectivity index (χ0n) is 14.9. The number of rotatable bonds is 7. The number of hydrogen-bond donors (Lipinski definition) is 0. The van der Waals surface area contributed by atoms with E-state index in [0.717, 1.165) is 11.1 Å². The number of nitrogens with zero attached hydrogens (tertiary/aromatic N) is 2. The van der Waals surface area contributed by atoms with Crippen molar-refractivity contribution in [3.63, 3.8) is 0 Å². The Balaban J connectivity index is 1.59. The van der Waals surface area contributed by atoms with Crippen molar-refractivity contribution < 1.29 is 23.5 Å². The van der Waals surface area contributed by atoms with Crippen LogP contribution in [0, 0.1) is 0 Å². The third-order valence-electron chi connectivity index (χ3n) is 3.68. The fourth-order valence-corrected chi connectivity index (χ4v) is 2.31. The molecule has 0 unspecified atom stereocenters. The number of ether oxygens (including phenoxy) is 3. The first-order valence-corrected chi connectivity index (χ1v) is 8.14. The maximum Gasteiger partial charge on any atom is 0.331 e. The Hall–Kier alpha value is -3.61. The fraction of sp³-hybridized carbons (Fsp3) is 0.150. The van der Waals surface area contributed by atoms with Crippen LogP contribution in [0.2, 0.25) is 0 Å². The number of carbonyl (C=O) groups excluding carboxylic acids is 1. The van der Waals surface area contributed by atoms with E-state index >= 15 is 0 Å². The van der Waals surface area contributed by atoms with E-state index in [4.69, 9.17) is 18.7 Å². The molecule has 27 heavy (non-hydrogen) atoms. The smallest absolute Gasteiger partial charge is 0.331 e. The van der Waals surface area contributed by atoms with Crippen LogP contribution in [0.25, 0.3) is 17.5 Å². The maximum atomic E-state index is 11.9. The first kappa shape index (κ1) is 18.2. The molecule has 0 saturated carbocycles. The van der Waals surface area contributed by atoms with Crippen LogP contribution in [0.15, 0.2) is 59.1 Å². The monoisotopic (exact) mass is 366 g/mol. The summed E-state index contributed by atoms with van der Waals surface area (Å²) >= 11 is 0. The number of aromatic nitrogens is 2. The van der Waals surface area contributed by atoms with Gasteiger partial charge in [0.2, 0.25) is 5.82 Å². The van der Waals surface area contributed by atoms with Gasteiger partial charge < -0.3 is 18.7 Å². The minimum atomic E-state index is -0.535. The van der Waals surface area contributed by atoms with Gasteiger partial charge in [-0.1, -0.05) is 35.5 Å². The Morgan fingerprint density at radius 2 is 1.93 bits per heavy atom. The topological polar surface area (TPSA) is 83.7 Å². The van der Waals surface area contributed by atoms with Crippen molar-refractivity contribution in [2.45, 2.75) is 6.61 Å². The minimum Gasteiger partial charge on any atom is -0.497 e. The van der Waals surface area contributed by atoms with Gasteiger partial charge in [0, 0.05) is 23.3 Å². The normalized spacial score (nSPS) is 10.7. The Labute approximate surface area is 156 Å². The Kier molecular flexibility index (Phi) is 5.84. The molecule has 1 aromatic heterocycles. The van der Waals surface area contributed by atoms with E-state index < -0.39 is 5.97 Å². The molecule has 0 radical (unpaired) electrons. The van der Waals surface area contributed by atoms with E-state index in [9.17, 15) is 4.79 Å². The summed E-state index contributed by atoms with van der Waals surface area (Å²) in [5, 5.41) is 3.87. The van der Waals surface area contributed by atoms with Gasteiger partial charge in [0.25, 0.3) is 5.89 Å². The number of hydrogen-bond acceptors (Lipinski definition) is 7. The van der Waals surface area contributed by atoms with E-state index in [2.05, 4.69) is 10.1 Å². The summed E-state index contributed by atoms with van der Waals surface area (Å²) in [6, 6.07) is 14.7. The largest absolute Gasteiger partial charge is 0.497 e. The highest BCUT2D eigenvalue weighted by Gasteiger charge is 2.10. The molecule has 3 rings (SSSR count). The molecule has 2 aromatic carbocycles. The molecule has 0 atom stereocenters. The van der Waals surface area contributed by atoms with Crippen molar-refractivity contribution in [3.05, 3.63) is 66.1 Å². The highest BCUT2D eigenvalue weighted by atomic mass is 16.6. The average molecular weight is 366 g/mol. The summed E-state index contributed by atoms with van der Waals surface area (Å²) in [7, 11) is 3.12. The van der Waals surface area contributed by atoms with Gasteiger partial charge in [-0.25, -0.2) is 4.79 Å². The zero-order chi connectivity index (χ0) is 19.1. The van der Waals surface area contributed by atoms with Crippen molar-refractivity contribution in [3.8, 4) is 22.9 Å². The van der Waals surface area contributed by atoms with Crippen LogP contribution in [0.1, 0.15) is 11.5 Å². The third kappa shape index (κ3) is 4.72. The molecule has 0 aliphatic rings. The van der Waals surface area contributed by atoms with Crippen LogP contribution in [0.3, 0.4) is 0 Å². The molecule has 138 valence electrons. The van der Waals surface area contributed by atoms with Crippen LogP contribution >= 0.6 is 0 Å². The highest BCUT2D eigenvalue weighted by molar-refractivity contribution is 5.87. The van der Waals surface area contributed by atoms with Gasteiger partial charge in [-0.15, -0.1) is 0 Å². The van der Waals surface area contributed by atoms with Crippen molar-refractivity contribution in [1.82, 2.24) is 10.1 Å². The summed E-state index contributed by atoms with van der Waals surface area (Å²) < 4.78 is 20.6. The van der Waals surface area contributed by atoms with Gasteiger partial charge in [-0.05, 0) is 18.2 Å². The highest BCUT2D eigenvalue weighted by Crippen LogP contribution is 2.25. The van der Waals surface area contributed by atoms with Crippen molar-refractivity contribution >= 4 is 12.0 Å². The van der Waals surface area contributed by atoms with E-state index in [1.54, 1.807) is 38.5 Å². The van der Waals surface area contributed by atoms with E-state index in [1.807, 2.05) is 30.3 Å². The maximum absolute atomic E-state index is 11.9. The van der Waals surface area contributed by atoms with Gasteiger partial charge in [0.1, 0.15) is 11.5 Å². The molecule has 3 aromatic rings. The quantitative estimate of drug-likeness (QED) is 0.467. The van der Waals surface area contributed by atoms with Crippen LogP contribution in [0.4, 0.5) is 0 Å². The third-order valence-corrected chi connectivity index (χ3v) is 3.68. The minimum absolute atomic E-state index is 0.108. The predicted molar refractivity (Wildman–Crippen MR) is 98.1 cm³/mol. The Morgan fingerprint density at radius 3 is 2.67 bits per heavy atom. The number of benzene rings is 2. The Morgan fingerprint density at radius 1 is 1.11 bits per heavy atom. The van der Waals surface area contributed by atoms with Crippen LogP contribution in [-0.4, -0.2) is 30.3 Å². The van der Waals surface area contributed by atoms with Crippen LogP contribution < -0.4 is 9.47 Å². The molecule has 7 nitrogen and oxygen atoms in total. The molecule has 7 heteroatoms. The lowest BCUT2D eigenvalue weighted by Crippen LogP contribution is -2.01. The lowest BCUT2D eigenvalue weighted by atomic mass is 10.2. The molecule has 0 saturated heterocycles. The molecule has 0 fully saturated rings. The molecule has 0 bridgehead atoms. The lowest BCUT2D eigenvalue weighted by molar-refractivity contribution is -0.139. The number of methoxy groups -OCH3 is 2. The average Bonchev–Trinajstić information content (AvgIpc) is 3.20. The fourth-order valence-electron chi connectivity index (χ4n) is 2.31.